The van der Waals surface area contributed by atoms with E-state index >= 15 is 0 Å². The first-order valence-corrected chi connectivity index (χ1v) is 9.69. The molecule has 0 unspecified atom stereocenters. The topological polar surface area (TPSA) is 54.0 Å². The van der Waals surface area contributed by atoms with Crippen molar-refractivity contribution in [1.82, 2.24) is 14.9 Å². The average Bonchev–Trinajstić information content (AvgIpc) is 2.76. The van der Waals surface area contributed by atoms with E-state index < -0.39 is 0 Å². The van der Waals surface area contributed by atoms with Crippen LogP contribution in [0, 0.1) is 0 Å². The Kier molecular flexibility index (Phi) is 6.01. The number of hydrogen-bond donors (Lipinski definition) is 0. The van der Waals surface area contributed by atoms with E-state index in [0.29, 0.717) is 0 Å². The summed E-state index contributed by atoms with van der Waals surface area (Å²) >= 11 is 0. The van der Waals surface area contributed by atoms with Crippen molar-refractivity contribution >= 4 is 11.8 Å². The van der Waals surface area contributed by atoms with Gasteiger partial charge in [-0.15, -0.1) is 0 Å². The molecule has 27 heavy (non-hydrogen) atoms. The molecule has 2 saturated heterocycles. The van der Waals surface area contributed by atoms with Gasteiger partial charge in [-0.05, 0) is 18.2 Å². The van der Waals surface area contributed by atoms with Gasteiger partial charge in [0.2, 0.25) is 5.95 Å². The van der Waals surface area contributed by atoms with Crippen molar-refractivity contribution in [3.8, 4) is 5.75 Å². The number of para-hydroxylation sites is 1. The highest BCUT2D eigenvalue weighted by atomic mass is 16.5. The predicted molar refractivity (Wildman–Crippen MR) is 106 cm³/mol. The Balaban J connectivity index is 1.25. The van der Waals surface area contributed by atoms with Crippen LogP contribution < -0.4 is 14.5 Å². The summed E-state index contributed by atoms with van der Waals surface area (Å²) in [4.78, 5) is 16.2. The highest BCUT2D eigenvalue weighted by Gasteiger charge is 2.20. The Labute approximate surface area is 160 Å². The van der Waals surface area contributed by atoms with Gasteiger partial charge in [0, 0.05) is 52.0 Å². The molecule has 0 saturated carbocycles. The Morgan fingerprint density at radius 3 is 2.44 bits per heavy atom. The van der Waals surface area contributed by atoms with Gasteiger partial charge in [0.15, 0.2) is 0 Å². The third-order valence-corrected chi connectivity index (χ3v) is 5.04. The Morgan fingerprint density at radius 2 is 1.67 bits per heavy atom. The predicted octanol–water partition coefficient (Wildman–Crippen LogP) is 1.51. The molecule has 0 radical (unpaired) electrons. The summed E-state index contributed by atoms with van der Waals surface area (Å²) in [5.41, 5.74) is 0. The van der Waals surface area contributed by atoms with Gasteiger partial charge in [-0.3, -0.25) is 4.90 Å². The van der Waals surface area contributed by atoms with Crippen molar-refractivity contribution in [2.24, 2.45) is 0 Å². The second-order valence-electron chi connectivity index (χ2n) is 6.80. The largest absolute Gasteiger partial charge is 0.492 e. The zero-order chi connectivity index (χ0) is 18.3. The molecule has 0 aliphatic carbocycles. The smallest absolute Gasteiger partial charge is 0.227 e. The molecule has 0 spiro atoms. The van der Waals surface area contributed by atoms with E-state index in [1.165, 1.54) is 0 Å². The van der Waals surface area contributed by atoms with Crippen LogP contribution in [-0.4, -0.2) is 80.5 Å². The van der Waals surface area contributed by atoms with Gasteiger partial charge in [-0.1, -0.05) is 18.2 Å². The van der Waals surface area contributed by atoms with Crippen LogP contribution in [0.1, 0.15) is 0 Å². The molecule has 7 nitrogen and oxygen atoms in total. The molecule has 1 aromatic heterocycles. The molecule has 2 aliphatic heterocycles. The van der Waals surface area contributed by atoms with E-state index in [2.05, 4.69) is 19.7 Å². The maximum absolute atomic E-state index is 5.81. The van der Waals surface area contributed by atoms with Crippen LogP contribution in [0.2, 0.25) is 0 Å². The van der Waals surface area contributed by atoms with Crippen molar-refractivity contribution in [2.75, 3.05) is 75.4 Å². The first-order valence-electron chi connectivity index (χ1n) is 9.69. The minimum atomic E-state index is 0.721. The van der Waals surface area contributed by atoms with E-state index in [-0.39, 0.29) is 0 Å². The summed E-state index contributed by atoms with van der Waals surface area (Å²) in [6.45, 7) is 8.88. The third-order valence-electron chi connectivity index (χ3n) is 5.04. The maximum atomic E-state index is 5.81. The molecule has 2 aromatic rings. The summed E-state index contributed by atoms with van der Waals surface area (Å²) in [5.74, 6) is 2.77. The molecule has 0 N–H and O–H groups in total. The van der Waals surface area contributed by atoms with Gasteiger partial charge in [0.1, 0.15) is 18.2 Å². The quantitative estimate of drug-likeness (QED) is 0.765. The number of benzene rings is 1. The Hall–Kier alpha value is -2.38. The van der Waals surface area contributed by atoms with E-state index in [0.717, 1.165) is 83.1 Å². The molecule has 7 heteroatoms. The molecular formula is C20H27N5O2. The van der Waals surface area contributed by atoms with E-state index in [4.69, 9.17) is 14.5 Å². The van der Waals surface area contributed by atoms with Crippen molar-refractivity contribution in [1.29, 1.82) is 0 Å². The van der Waals surface area contributed by atoms with E-state index in [9.17, 15) is 0 Å². The average molecular weight is 369 g/mol. The first-order chi connectivity index (χ1) is 13.4. The molecule has 1 aromatic carbocycles. The lowest BCUT2D eigenvalue weighted by atomic mass is 10.3. The zero-order valence-electron chi connectivity index (χ0n) is 15.7. The number of aromatic nitrogens is 2. The van der Waals surface area contributed by atoms with Crippen molar-refractivity contribution < 1.29 is 9.47 Å². The highest BCUT2D eigenvalue weighted by Crippen LogP contribution is 2.17. The number of nitrogens with zero attached hydrogens (tertiary/aromatic N) is 5. The van der Waals surface area contributed by atoms with Gasteiger partial charge < -0.3 is 19.3 Å². The molecule has 2 fully saturated rings. The first kappa shape index (κ1) is 18.0. The molecule has 0 bridgehead atoms. The Bertz CT molecular complexity index is 701. The fraction of sp³-hybridized carbons (Fsp3) is 0.500. The number of anilines is 2. The lowest BCUT2D eigenvalue weighted by molar-refractivity contribution is 0.122. The molecular weight excluding hydrogens is 342 g/mol. The molecule has 0 atom stereocenters. The van der Waals surface area contributed by atoms with Gasteiger partial charge in [-0.25, -0.2) is 4.98 Å². The maximum Gasteiger partial charge on any atom is 0.227 e. The summed E-state index contributed by atoms with van der Waals surface area (Å²) in [5, 5.41) is 0. The zero-order valence-corrected chi connectivity index (χ0v) is 15.7. The van der Waals surface area contributed by atoms with Gasteiger partial charge >= 0.3 is 0 Å². The van der Waals surface area contributed by atoms with Crippen LogP contribution in [0.3, 0.4) is 0 Å². The number of morpholine rings is 1. The monoisotopic (exact) mass is 369 g/mol. The minimum Gasteiger partial charge on any atom is -0.492 e. The fourth-order valence-electron chi connectivity index (χ4n) is 3.44. The summed E-state index contributed by atoms with van der Waals surface area (Å²) in [6.07, 6.45) is 1.87. The summed E-state index contributed by atoms with van der Waals surface area (Å²) < 4.78 is 11.2. The van der Waals surface area contributed by atoms with Crippen LogP contribution in [0.15, 0.2) is 42.6 Å². The number of piperazine rings is 1. The van der Waals surface area contributed by atoms with Crippen LogP contribution >= 0.6 is 0 Å². The highest BCUT2D eigenvalue weighted by molar-refractivity contribution is 5.44. The lowest BCUT2D eigenvalue weighted by Gasteiger charge is -2.35. The van der Waals surface area contributed by atoms with Gasteiger partial charge in [0.25, 0.3) is 0 Å². The van der Waals surface area contributed by atoms with Crippen LogP contribution in [0.4, 0.5) is 11.8 Å². The summed E-state index contributed by atoms with van der Waals surface area (Å²) in [6, 6.07) is 12.0. The van der Waals surface area contributed by atoms with Crippen molar-refractivity contribution in [3.63, 3.8) is 0 Å². The van der Waals surface area contributed by atoms with Crippen LogP contribution in [0.5, 0.6) is 5.75 Å². The minimum absolute atomic E-state index is 0.721. The van der Waals surface area contributed by atoms with E-state index in [1.807, 2.05) is 42.6 Å². The molecule has 2 aliphatic rings. The number of rotatable bonds is 6. The fourth-order valence-corrected chi connectivity index (χ4v) is 3.44. The number of hydrogen-bond acceptors (Lipinski definition) is 7. The molecule has 0 amide bonds. The SMILES string of the molecule is c1ccc(OCCN2CCN(c3ccnc(N4CCOCC4)n3)CC2)cc1. The van der Waals surface area contributed by atoms with Gasteiger partial charge in [0.05, 0.1) is 13.2 Å². The van der Waals surface area contributed by atoms with Crippen molar-refractivity contribution in [3.05, 3.63) is 42.6 Å². The second kappa shape index (κ2) is 9.01. The summed E-state index contributed by atoms with van der Waals surface area (Å²) in [7, 11) is 0. The van der Waals surface area contributed by atoms with Crippen molar-refractivity contribution in [2.45, 2.75) is 0 Å². The standard InChI is InChI=1S/C20H27N5O2/c1-2-4-18(5-3-1)27-17-12-23-8-10-24(11-9-23)19-6-7-21-20(22-19)25-13-15-26-16-14-25/h1-7H,8-17H2. The Morgan fingerprint density at radius 1 is 0.889 bits per heavy atom. The number of ether oxygens (including phenoxy) is 2. The molecule has 3 heterocycles. The second-order valence-corrected chi connectivity index (χ2v) is 6.80. The van der Waals surface area contributed by atoms with E-state index in [1.54, 1.807) is 0 Å². The van der Waals surface area contributed by atoms with Gasteiger partial charge in [-0.2, -0.15) is 4.98 Å². The van der Waals surface area contributed by atoms with Crippen LogP contribution in [-0.2, 0) is 4.74 Å². The third kappa shape index (κ3) is 4.87. The normalized spacial score (nSPS) is 18.5. The van der Waals surface area contributed by atoms with Crippen LogP contribution in [0.25, 0.3) is 0 Å². The lowest BCUT2D eigenvalue weighted by Crippen LogP contribution is -2.48. The molecule has 4 rings (SSSR count). The molecule has 144 valence electrons.